The molecule has 0 bridgehead atoms. The number of hydrogen-bond acceptors (Lipinski definition) is 5. The van der Waals surface area contributed by atoms with Crippen molar-refractivity contribution >= 4 is 23.7 Å². The van der Waals surface area contributed by atoms with Crippen LogP contribution in [0.2, 0.25) is 0 Å². The zero-order valence-corrected chi connectivity index (χ0v) is 15.9. The van der Waals surface area contributed by atoms with Crippen LogP contribution in [-0.2, 0) is 14.3 Å². The van der Waals surface area contributed by atoms with Gasteiger partial charge in [-0.2, -0.15) is 5.26 Å². The highest BCUT2D eigenvalue weighted by Crippen LogP contribution is 2.31. The Morgan fingerprint density at radius 2 is 2.07 bits per heavy atom. The summed E-state index contributed by atoms with van der Waals surface area (Å²) in [4.78, 5) is 25.3. The number of rotatable bonds is 5. The number of nitrogens with zero attached hydrogens (tertiary/aromatic N) is 2. The van der Waals surface area contributed by atoms with Crippen LogP contribution in [0.4, 0.5) is 5.69 Å². The van der Waals surface area contributed by atoms with Crippen LogP contribution in [0.25, 0.3) is 17.2 Å². The number of carbonyl (C=O) groups is 1. The average molecular weight is 374 g/mol. The number of piperidine rings is 1. The number of carbonyl (C=O) groups excluding carboxylic acids is 2. The molecule has 2 aromatic rings. The van der Waals surface area contributed by atoms with Crippen molar-refractivity contribution in [1.29, 1.82) is 5.26 Å². The molecular formula is C23H22N2O3. The molecule has 1 aliphatic heterocycles. The average Bonchev–Trinajstić information content (AvgIpc) is 2.74. The number of esters is 1. The third-order valence-electron chi connectivity index (χ3n) is 4.98. The van der Waals surface area contributed by atoms with Gasteiger partial charge in [-0.25, -0.2) is 4.79 Å². The van der Waals surface area contributed by atoms with E-state index in [9.17, 15) is 9.59 Å². The van der Waals surface area contributed by atoms with Crippen molar-refractivity contribution in [2.24, 2.45) is 5.92 Å². The predicted octanol–water partition coefficient (Wildman–Crippen LogP) is 3.85. The lowest BCUT2D eigenvalue weighted by Crippen LogP contribution is -2.39. The smallest absolute Gasteiger partial charge is 0.310 e. The largest absolute Gasteiger partial charge is 0.466 e. The maximum absolute atomic E-state index is 12.1. The monoisotopic (exact) mass is 374 g/mol. The Balaban J connectivity index is 1.89. The number of benzene rings is 2. The van der Waals surface area contributed by atoms with Crippen molar-refractivity contribution in [1.82, 2.24) is 0 Å². The van der Waals surface area contributed by atoms with Crippen LogP contribution in [0.5, 0.6) is 0 Å². The minimum atomic E-state index is -0.144. The molecule has 1 heterocycles. The zero-order valence-electron chi connectivity index (χ0n) is 15.9. The van der Waals surface area contributed by atoms with E-state index >= 15 is 0 Å². The molecule has 5 nitrogen and oxygen atoms in total. The second-order valence-electron chi connectivity index (χ2n) is 6.76. The molecule has 142 valence electrons. The summed E-state index contributed by atoms with van der Waals surface area (Å²) in [5.74, 6) is 1.60. The Labute approximate surface area is 164 Å². The summed E-state index contributed by atoms with van der Waals surface area (Å²) in [6.07, 6.45) is 3.17. The number of ether oxygens (including phenoxy) is 1. The lowest BCUT2D eigenvalue weighted by Gasteiger charge is -2.33. The van der Waals surface area contributed by atoms with Crippen molar-refractivity contribution in [3.05, 3.63) is 53.6 Å². The molecule has 1 saturated heterocycles. The van der Waals surface area contributed by atoms with Gasteiger partial charge in [-0.3, -0.25) is 4.79 Å². The van der Waals surface area contributed by atoms with Gasteiger partial charge in [0.2, 0.25) is 0 Å². The topological polar surface area (TPSA) is 70.4 Å². The highest BCUT2D eigenvalue weighted by atomic mass is 16.5. The number of nitriles is 1. The first-order chi connectivity index (χ1) is 13.7. The van der Waals surface area contributed by atoms with E-state index < -0.39 is 0 Å². The van der Waals surface area contributed by atoms with Crippen molar-refractivity contribution in [3.8, 4) is 17.2 Å². The lowest BCUT2D eigenvalue weighted by molar-refractivity contribution is -0.148. The Kier molecular flexibility index (Phi) is 6.26. The van der Waals surface area contributed by atoms with Gasteiger partial charge < -0.3 is 9.64 Å². The van der Waals surface area contributed by atoms with Gasteiger partial charge in [0.1, 0.15) is 5.94 Å². The molecule has 1 fully saturated rings. The molecule has 0 amide bonds. The Morgan fingerprint density at radius 1 is 1.29 bits per heavy atom. The maximum atomic E-state index is 12.1. The molecule has 1 atom stereocenters. The quantitative estimate of drug-likeness (QED) is 0.587. The third kappa shape index (κ3) is 4.31. The van der Waals surface area contributed by atoms with E-state index in [1.807, 2.05) is 43.2 Å². The molecule has 0 aliphatic carbocycles. The predicted molar refractivity (Wildman–Crippen MR) is 108 cm³/mol. The molecule has 0 N–H and O–H groups in total. The second kappa shape index (κ2) is 9.03. The van der Waals surface area contributed by atoms with E-state index in [1.54, 1.807) is 12.1 Å². The zero-order chi connectivity index (χ0) is 19.9. The summed E-state index contributed by atoms with van der Waals surface area (Å²) in [7, 11) is 0. The van der Waals surface area contributed by atoms with Crippen molar-refractivity contribution < 1.29 is 14.3 Å². The summed E-state index contributed by atoms with van der Waals surface area (Å²) in [5, 5.41) is 8.97. The van der Waals surface area contributed by atoms with Gasteiger partial charge in [-0.05, 0) is 60.7 Å². The van der Waals surface area contributed by atoms with Crippen LogP contribution >= 0.6 is 0 Å². The molecule has 1 unspecified atom stereocenters. The molecular weight excluding hydrogens is 352 g/mol. The van der Waals surface area contributed by atoms with Crippen LogP contribution in [0, 0.1) is 17.2 Å². The van der Waals surface area contributed by atoms with E-state index in [2.05, 4.69) is 11.0 Å². The standard InChI is InChI=1S/C23H22N2O3/c1-2-28-23(27)20-4-3-12-25(16-20)21-9-10-22(19(14-21)11-13-26)18-7-5-17(15-24)6-8-18/h5-11,14,20H,2-4,12,16H2,1H3. The van der Waals surface area contributed by atoms with Crippen LogP contribution < -0.4 is 4.90 Å². The number of hydrogen-bond donors (Lipinski definition) is 0. The van der Waals surface area contributed by atoms with Gasteiger partial charge in [-0.1, -0.05) is 18.2 Å². The third-order valence-corrected chi connectivity index (χ3v) is 4.98. The number of anilines is 1. The summed E-state index contributed by atoms with van der Waals surface area (Å²) in [5.41, 5.74) is 4.14. The fourth-order valence-corrected chi connectivity index (χ4v) is 3.58. The second-order valence-corrected chi connectivity index (χ2v) is 6.76. The van der Waals surface area contributed by atoms with Crippen LogP contribution in [0.3, 0.4) is 0 Å². The summed E-state index contributed by atoms with van der Waals surface area (Å²) in [6, 6.07) is 15.3. The Bertz CT molecular complexity index is 937. The molecule has 5 heteroatoms. The van der Waals surface area contributed by atoms with Gasteiger partial charge >= 0.3 is 5.97 Å². The Morgan fingerprint density at radius 3 is 2.75 bits per heavy atom. The highest BCUT2D eigenvalue weighted by molar-refractivity contribution is 5.86. The van der Waals surface area contributed by atoms with Crippen molar-refractivity contribution in [2.75, 3.05) is 24.6 Å². The van der Waals surface area contributed by atoms with Gasteiger partial charge in [0.25, 0.3) is 0 Å². The van der Waals surface area contributed by atoms with Crippen LogP contribution in [0.15, 0.2) is 42.5 Å². The lowest BCUT2D eigenvalue weighted by atomic mass is 9.95. The van der Waals surface area contributed by atoms with Crippen LogP contribution in [0.1, 0.15) is 30.9 Å². The first-order valence-electron chi connectivity index (χ1n) is 9.43. The van der Waals surface area contributed by atoms with E-state index in [0.29, 0.717) is 18.7 Å². The Hall–Kier alpha value is -3.35. The van der Waals surface area contributed by atoms with Gasteiger partial charge in [-0.15, -0.1) is 0 Å². The normalized spacial score (nSPS) is 16.0. The van der Waals surface area contributed by atoms with Gasteiger partial charge in [0.15, 0.2) is 0 Å². The minimum absolute atomic E-state index is 0.128. The molecule has 3 rings (SSSR count). The first-order valence-corrected chi connectivity index (χ1v) is 9.43. The summed E-state index contributed by atoms with van der Waals surface area (Å²) < 4.78 is 5.18. The van der Waals surface area contributed by atoms with Gasteiger partial charge in [0, 0.05) is 24.9 Å². The van der Waals surface area contributed by atoms with Crippen molar-refractivity contribution in [3.63, 3.8) is 0 Å². The van der Waals surface area contributed by atoms with E-state index in [0.717, 1.165) is 41.8 Å². The summed E-state index contributed by atoms with van der Waals surface area (Å²) in [6.45, 7) is 3.68. The fourth-order valence-electron chi connectivity index (χ4n) is 3.58. The van der Waals surface area contributed by atoms with Crippen molar-refractivity contribution in [2.45, 2.75) is 19.8 Å². The molecule has 0 radical (unpaired) electrons. The molecule has 28 heavy (non-hydrogen) atoms. The maximum Gasteiger partial charge on any atom is 0.310 e. The van der Waals surface area contributed by atoms with Crippen LogP contribution in [-0.4, -0.2) is 31.6 Å². The SMILES string of the molecule is CCOC(=O)C1CCCN(c2ccc(-c3ccc(C#N)cc3)c(C=C=O)c2)C1. The molecule has 1 aliphatic rings. The molecule has 0 saturated carbocycles. The molecule has 0 aromatic heterocycles. The van der Waals surface area contributed by atoms with E-state index in [4.69, 9.17) is 10.00 Å². The minimum Gasteiger partial charge on any atom is -0.466 e. The molecule has 2 aromatic carbocycles. The molecule has 0 spiro atoms. The van der Waals surface area contributed by atoms with Gasteiger partial charge in [0.05, 0.1) is 24.2 Å². The highest BCUT2D eigenvalue weighted by Gasteiger charge is 2.27. The first kappa shape index (κ1) is 19.4. The van der Waals surface area contributed by atoms with E-state index in [1.165, 1.54) is 6.08 Å². The van der Waals surface area contributed by atoms with E-state index in [-0.39, 0.29) is 11.9 Å². The fraction of sp³-hybridized carbons (Fsp3) is 0.304. The summed E-state index contributed by atoms with van der Waals surface area (Å²) >= 11 is 0.